The molecule has 0 saturated carbocycles. The Hall–Kier alpha value is -2.07. The van der Waals surface area contributed by atoms with Crippen LogP contribution in [0.2, 0.25) is 0 Å². The molecule has 0 rings (SSSR count). The van der Waals surface area contributed by atoms with E-state index in [-0.39, 0.29) is 0 Å². The highest BCUT2D eigenvalue weighted by Crippen LogP contribution is 2.00. The molecule has 0 unspecified atom stereocenters. The van der Waals surface area contributed by atoms with Crippen LogP contribution in [0.25, 0.3) is 0 Å². The number of nitrogens with two attached hydrogens (primary N) is 1. The zero-order chi connectivity index (χ0) is 28.8. The molecule has 36 heavy (non-hydrogen) atoms. The normalized spacial score (nSPS) is 11.6. The lowest BCUT2D eigenvalue weighted by molar-refractivity contribution is -0.728. The summed E-state index contributed by atoms with van der Waals surface area (Å²) in [6.45, 7) is -5.83. The molecule has 0 amide bonds. The highest BCUT2D eigenvalue weighted by molar-refractivity contribution is 5.69. The molecular weight excluding hydrogens is 498 g/mol. The second-order valence-corrected chi connectivity index (χ2v) is 7.62. The first-order valence-electron chi connectivity index (χ1n) is 10.3. The molecule has 0 heterocycles. The predicted molar refractivity (Wildman–Crippen MR) is 115 cm³/mol. The van der Waals surface area contributed by atoms with Crippen molar-refractivity contribution in [3.05, 3.63) is 0 Å². The second kappa shape index (κ2) is 21.1. The summed E-state index contributed by atoms with van der Waals surface area (Å²) in [5.41, 5.74) is -3.84. The van der Waals surface area contributed by atoms with E-state index in [0.717, 1.165) is 5.32 Å². The van der Waals surface area contributed by atoms with Crippen molar-refractivity contribution in [1.82, 2.24) is 10.6 Å². The van der Waals surface area contributed by atoms with Gasteiger partial charge in [-0.15, -0.1) is 0 Å². The highest BCUT2D eigenvalue weighted by Gasteiger charge is 2.31. The number of nitrogens with one attached hydrogen (secondary N) is 2. The van der Waals surface area contributed by atoms with E-state index >= 15 is 0 Å². The van der Waals surface area contributed by atoms with E-state index in [1.807, 2.05) is 0 Å². The number of aliphatic hydroxyl groups excluding tert-OH is 9. The maximum Gasteiger partial charge on any atom is 0.317 e. The molecule has 0 bridgehead atoms. The van der Waals surface area contributed by atoms with Crippen LogP contribution in [-0.4, -0.2) is 170 Å². The zero-order valence-electron chi connectivity index (χ0n) is 19.6. The standard InChI is InChI=1S/3C6H13NO5/c3*8-2-6(3-9,4-10)7-1-5(11)12/h3*7-10H,1-4H2,(H,11,12). The number of carboxylic acid groups (broad SMARTS) is 3. The van der Waals surface area contributed by atoms with Crippen molar-refractivity contribution < 1.29 is 81.0 Å². The summed E-state index contributed by atoms with van der Waals surface area (Å²) in [7, 11) is 0. The predicted octanol–water partition coefficient (Wildman–Crippen LogP) is -10.2. The topological polar surface area (TPSA) is 337 Å². The molecular formula is C18H39N3O15. The largest absolute Gasteiger partial charge is 0.544 e. The van der Waals surface area contributed by atoms with Crippen LogP contribution in [-0.2, 0) is 14.4 Å². The summed E-state index contributed by atoms with van der Waals surface area (Å²) in [5, 5.41) is 111. The number of aliphatic hydroxyl groups is 9. The lowest BCUT2D eigenvalue weighted by Crippen LogP contribution is -3.01. The van der Waals surface area contributed by atoms with E-state index in [1.165, 1.54) is 0 Å². The number of hydrogen-bond donors (Lipinski definition) is 14. The minimum atomic E-state index is -1.31. The Balaban J connectivity index is -0.000000454. The van der Waals surface area contributed by atoms with E-state index in [2.05, 4.69) is 10.6 Å². The number of aliphatic carboxylic acids is 3. The molecule has 216 valence electrons. The third-order valence-corrected chi connectivity index (χ3v) is 4.69. The van der Waals surface area contributed by atoms with Crippen molar-refractivity contribution in [2.75, 3.05) is 79.1 Å². The number of rotatable bonds is 18. The van der Waals surface area contributed by atoms with Gasteiger partial charge in [-0.05, 0) is 0 Å². The van der Waals surface area contributed by atoms with Crippen molar-refractivity contribution in [1.29, 1.82) is 0 Å². The lowest BCUT2D eigenvalue weighted by atomic mass is 10.0. The summed E-state index contributed by atoms with van der Waals surface area (Å²) >= 11 is 0. The van der Waals surface area contributed by atoms with Crippen LogP contribution in [0.1, 0.15) is 0 Å². The first-order chi connectivity index (χ1) is 16.8. The SMILES string of the molecule is O=C(O)CNC(CO)(CO)CO.O=C(O)CNC(CO)(CO)CO.O=C([O-])C[NH2+]C(CO)(CO)CO. The summed E-state index contributed by atoms with van der Waals surface area (Å²) in [4.78, 5) is 30.2. The Bertz CT molecular complexity index is 491. The van der Waals surface area contributed by atoms with E-state index in [1.54, 1.807) is 0 Å². The van der Waals surface area contributed by atoms with Gasteiger partial charge in [-0.3, -0.25) is 20.2 Å². The summed E-state index contributed by atoms with van der Waals surface area (Å²) in [6, 6.07) is 0. The summed E-state index contributed by atoms with van der Waals surface area (Å²) in [5.74, 6) is -3.54. The Morgan fingerprint density at radius 3 is 1.03 bits per heavy atom. The third-order valence-electron chi connectivity index (χ3n) is 4.69. The van der Waals surface area contributed by atoms with Crippen LogP contribution in [0.4, 0.5) is 0 Å². The van der Waals surface area contributed by atoms with Gasteiger partial charge in [0.25, 0.3) is 0 Å². The molecule has 0 aromatic heterocycles. The van der Waals surface area contributed by atoms with Gasteiger partial charge in [-0.1, -0.05) is 0 Å². The van der Waals surface area contributed by atoms with Crippen LogP contribution in [0, 0.1) is 0 Å². The van der Waals surface area contributed by atoms with Gasteiger partial charge in [0.1, 0.15) is 26.4 Å². The van der Waals surface area contributed by atoms with Crippen molar-refractivity contribution in [2.24, 2.45) is 0 Å². The van der Waals surface area contributed by atoms with E-state index in [9.17, 15) is 19.5 Å². The molecule has 0 aliphatic rings. The van der Waals surface area contributed by atoms with Gasteiger partial charge in [0.2, 0.25) is 0 Å². The van der Waals surface area contributed by atoms with Gasteiger partial charge < -0.3 is 71.4 Å². The fourth-order valence-electron chi connectivity index (χ4n) is 1.81. The molecule has 0 saturated heterocycles. The average Bonchev–Trinajstić information content (AvgIpc) is 2.88. The fourth-order valence-corrected chi connectivity index (χ4v) is 1.81. The average molecular weight is 538 g/mol. The number of carbonyl (C=O) groups is 3. The third kappa shape index (κ3) is 16.6. The Kier molecular flexibility index (Phi) is 22.5. The van der Waals surface area contributed by atoms with Crippen molar-refractivity contribution in [3.63, 3.8) is 0 Å². The molecule has 0 spiro atoms. The van der Waals surface area contributed by atoms with Gasteiger partial charge in [0, 0.05) is 0 Å². The molecule has 18 nitrogen and oxygen atoms in total. The van der Waals surface area contributed by atoms with Gasteiger partial charge >= 0.3 is 11.9 Å². The summed E-state index contributed by atoms with van der Waals surface area (Å²) in [6.07, 6.45) is 0. The van der Waals surface area contributed by atoms with Crippen molar-refractivity contribution >= 4 is 17.9 Å². The first kappa shape index (κ1) is 38.5. The van der Waals surface area contributed by atoms with Crippen molar-refractivity contribution in [2.45, 2.75) is 16.6 Å². The van der Waals surface area contributed by atoms with Gasteiger partial charge in [-0.25, -0.2) is 0 Å². The molecule has 0 aliphatic carbocycles. The molecule has 0 radical (unpaired) electrons. The van der Waals surface area contributed by atoms with Crippen LogP contribution in [0.15, 0.2) is 0 Å². The van der Waals surface area contributed by atoms with Gasteiger partial charge in [-0.2, -0.15) is 0 Å². The number of carboxylic acids is 3. The lowest BCUT2D eigenvalue weighted by Gasteiger charge is -2.27. The molecule has 0 atom stereocenters. The Labute approximate surface area is 206 Å². The molecule has 0 aromatic carbocycles. The van der Waals surface area contributed by atoms with E-state index in [4.69, 9.17) is 56.2 Å². The monoisotopic (exact) mass is 537 g/mol. The van der Waals surface area contributed by atoms with Gasteiger partial charge in [0.15, 0.2) is 5.54 Å². The van der Waals surface area contributed by atoms with E-state index < -0.39 is 114 Å². The molecule has 0 fully saturated rings. The minimum absolute atomic E-state index is 0.401. The zero-order valence-corrected chi connectivity index (χ0v) is 19.6. The molecule has 15 N–H and O–H groups in total. The van der Waals surface area contributed by atoms with Gasteiger partial charge in [0.05, 0.1) is 69.8 Å². The van der Waals surface area contributed by atoms with Crippen LogP contribution in [0.5, 0.6) is 0 Å². The first-order valence-corrected chi connectivity index (χ1v) is 10.3. The maximum atomic E-state index is 10.1. The number of quaternary nitrogens is 1. The molecule has 0 aliphatic heterocycles. The van der Waals surface area contributed by atoms with E-state index in [0.29, 0.717) is 0 Å². The highest BCUT2D eigenvalue weighted by atomic mass is 16.4. The quantitative estimate of drug-likeness (QED) is 0.0771. The number of carbonyl (C=O) groups excluding carboxylic acids is 1. The summed E-state index contributed by atoms with van der Waals surface area (Å²) < 4.78 is 0. The molecule has 18 heteroatoms. The Morgan fingerprint density at radius 2 is 0.861 bits per heavy atom. The Morgan fingerprint density at radius 1 is 0.583 bits per heavy atom. The van der Waals surface area contributed by atoms with Crippen LogP contribution < -0.4 is 21.1 Å². The number of hydrogen-bond acceptors (Lipinski definition) is 15. The van der Waals surface area contributed by atoms with Crippen molar-refractivity contribution in [3.8, 4) is 0 Å². The minimum Gasteiger partial charge on any atom is -0.544 e. The smallest absolute Gasteiger partial charge is 0.317 e. The second-order valence-electron chi connectivity index (χ2n) is 7.62. The van der Waals surface area contributed by atoms with Crippen LogP contribution in [0.3, 0.4) is 0 Å². The van der Waals surface area contributed by atoms with Crippen LogP contribution >= 0.6 is 0 Å². The molecule has 0 aromatic rings. The fraction of sp³-hybridized carbons (Fsp3) is 0.833. The maximum absolute atomic E-state index is 10.1.